The fraction of sp³-hybridized carbons (Fsp3) is 0.733. The predicted octanol–water partition coefficient (Wildman–Crippen LogP) is 2.25. The molecule has 0 aromatic carbocycles. The molecule has 1 rings (SSSR count). The number of esters is 1. The van der Waals surface area contributed by atoms with Gasteiger partial charge >= 0.3 is 5.97 Å². The maximum atomic E-state index is 12.0. The predicted molar refractivity (Wildman–Crippen MR) is 72.5 cm³/mol. The molecule has 2 atom stereocenters. The molecule has 0 saturated heterocycles. The van der Waals surface area contributed by atoms with Crippen molar-refractivity contribution in [3.8, 4) is 0 Å². The normalized spacial score (nSPS) is 27.1. The number of ketones is 1. The average molecular weight is 268 g/mol. The van der Waals surface area contributed by atoms with E-state index in [9.17, 15) is 9.59 Å². The molecule has 0 radical (unpaired) electrons. The summed E-state index contributed by atoms with van der Waals surface area (Å²) in [7, 11) is 0. The summed E-state index contributed by atoms with van der Waals surface area (Å²) in [6.07, 6.45) is 3.19. The van der Waals surface area contributed by atoms with Gasteiger partial charge in [0.05, 0.1) is 5.92 Å². The third-order valence-electron chi connectivity index (χ3n) is 4.05. The molecule has 108 valence electrons. The number of carbonyl (C=O) groups excluding carboxylic acids is 2. The number of hydrogen-bond acceptors (Lipinski definition) is 4. The second-order valence-electron chi connectivity index (χ2n) is 5.70. The Hall–Kier alpha value is -1.16. The maximum absolute atomic E-state index is 12.0. The summed E-state index contributed by atoms with van der Waals surface area (Å²) >= 11 is 0. The molecule has 0 aromatic rings. The van der Waals surface area contributed by atoms with Crippen LogP contribution in [0.2, 0.25) is 0 Å². The van der Waals surface area contributed by atoms with Gasteiger partial charge in [-0.3, -0.25) is 4.79 Å². The molecule has 0 aromatic heterocycles. The number of aliphatic hydroxyl groups is 1. The van der Waals surface area contributed by atoms with Gasteiger partial charge in [0.15, 0.2) is 5.78 Å². The standard InChI is InChI=1S/C15H24O4/c1-10(2)14(18)19-15(11(3)4)8-6-5-7-12(15)13(17)9-16/h11-12,16H,1,5-9H2,2-4H3. The Kier molecular flexibility index (Phi) is 5.29. The molecular weight excluding hydrogens is 244 g/mol. The van der Waals surface area contributed by atoms with E-state index >= 15 is 0 Å². The quantitative estimate of drug-likeness (QED) is 0.613. The Morgan fingerprint density at radius 1 is 1.42 bits per heavy atom. The van der Waals surface area contributed by atoms with E-state index in [4.69, 9.17) is 9.84 Å². The summed E-state index contributed by atoms with van der Waals surface area (Å²) in [5.74, 6) is -1.07. The molecule has 1 aliphatic carbocycles. The number of hydrogen-bond donors (Lipinski definition) is 1. The first kappa shape index (κ1) is 15.9. The minimum Gasteiger partial charge on any atom is -0.455 e. The first-order valence-corrected chi connectivity index (χ1v) is 6.87. The fourth-order valence-electron chi connectivity index (χ4n) is 2.90. The summed E-state index contributed by atoms with van der Waals surface area (Å²) in [5, 5.41) is 9.14. The Morgan fingerprint density at radius 3 is 2.53 bits per heavy atom. The number of aliphatic hydroxyl groups excluding tert-OH is 1. The van der Waals surface area contributed by atoms with E-state index in [-0.39, 0.29) is 11.7 Å². The molecule has 1 N–H and O–H groups in total. The van der Waals surface area contributed by atoms with Crippen molar-refractivity contribution in [1.82, 2.24) is 0 Å². The van der Waals surface area contributed by atoms with Crippen LogP contribution in [0.3, 0.4) is 0 Å². The molecule has 0 bridgehead atoms. The molecule has 1 saturated carbocycles. The Morgan fingerprint density at radius 2 is 2.05 bits per heavy atom. The highest BCUT2D eigenvalue weighted by atomic mass is 16.6. The molecule has 1 aliphatic rings. The number of carbonyl (C=O) groups is 2. The van der Waals surface area contributed by atoms with Crippen LogP contribution in [0.4, 0.5) is 0 Å². The molecule has 0 heterocycles. The van der Waals surface area contributed by atoms with Gasteiger partial charge in [-0.15, -0.1) is 0 Å². The lowest BCUT2D eigenvalue weighted by Crippen LogP contribution is -2.52. The van der Waals surface area contributed by atoms with Crippen LogP contribution in [-0.4, -0.2) is 29.1 Å². The summed E-state index contributed by atoms with van der Waals surface area (Å²) in [4.78, 5) is 23.9. The van der Waals surface area contributed by atoms with Crippen LogP contribution < -0.4 is 0 Å². The summed E-state index contributed by atoms with van der Waals surface area (Å²) in [6.45, 7) is 8.60. The fourth-order valence-corrected chi connectivity index (χ4v) is 2.90. The molecule has 0 amide bonds. The van der Waals surface area contributed by atoms with Crippen LogP contribution in [0.5, 0.6) is 0 Å². The van der Waals surface area contributed by atoms with Crippen LogP contribution in [0.15, 0.2) is 12.2 Å². The van der Waals surface area contributed by atoms with Crippen molar-refractivity contribution in [2.24, 2.45) is 11.8 Å². The van der Waals surface area contributed by atoms with Crippen LogP contribution in [0, 0.1) is 11.8 Å². The smallest absolute Gasteiger partial charge is 0.333 e. The van der Waals surface area contributed by atoms with Gasteiger partial charge in [-0.1, -0.05) is 26.8 Å². The zero-order valence-electron chi connectivity index (χ0n) is 12.1. The second-order valence-corrected chi connectivity index (χ2v) is 5.70. The number of ether oxygens (including phenoxy) is 1. The van der Waals surface area contributed by atoms with Crippen LogP contribution in [0.1, 0.15) is 46.5 Å². The van der Waals surface area contributed by atoms with Crippen molar-refractivity contribution in [2.45, 2.75) is 52.1 Å². The van der Waals surface area contributed by atoms with Gasteiger partial charge in [0.25, 0.3) is 0 Å². The van der Waals surface area contributed by atoms with Gasteiger partial charge in [-0.05, 0) is 32.1 Å². The van der Waals surface area contributed by atoms with Crippen molar-refractivity contribution >= 4 is 11.8 Å². The van der Waals surface area contributed by atoms with Crippen LogP contribution in [0.25, 0.3) is 0 Å². The molecule has 0 spiro atoms. The van der Waals surface area contributed by atoms with E-state index in [1.807, 2.05) is 13.8 Å². The molecular formula is C15H24O4. The third kappa shape index (κ3) is 3.24. The Bertz CT molecular complexity index is 372. The lowest BCUT2D eigenvalue weighted by molar-refractivity contribution is -0.178. The topological polar surface area (TPSA) is 63.6 Å². The van der Waals surface area contributed by atoms with Gasteiger partial charge < -0.3 is 9.84 Å². The van der Waals surface area contributed by atoms with E-state index in [1.165, 1.54) is 0 Å². The SMILES string of the molecule is C=C(C)C(=O)OC1(C(C)C)CCCCC1C(=O)CO. The highest BCUT2D eigenvalue weighted by Gasteiger charge is 2.49. The molecule has 1 fully saturated rings. The van der Waals surface area contributed by atoms with Crippen molar-refractivity contribution < 1.29 is 19.4 Å². The Labute approximate surface area is 114 Å². The monoisotopic (exact) mass is 268 g/mol. The highest BCUT2D eigenvalue weighted by Crippen LogP contribution is 2.43. The second kappa shape index (κ2) is 6.33. The summed E-state index contributed by atoms with van der Waals surface area (Å²) < 4.78 is 5.67. The van der Waals surface area contributed by atoms with Crippen LogP contribution in [-0.2, 0) is 14.3 Å². The highest BCUT2D eigenvalue weighted by molar-refractivity contribution is 5.88. The number of rotatable bonds is 5. The van der Waals surface area contributed by atoms with E-state index in [1.54, 1.807) is 6.92 Å². The molecule has 4 nitrogen and oxygen atoms in total. The van der Waals surface area contributed by atoms with Gasteiger partial charge in [0.1, 0.15) is 12.2 Å². The molecule has 0 aliphatic heterocycles. The van der Waals surface area contributed by atoms with Crippen molar-refractivity contribution in [1.29, 1.82) is 0 Å². The van der Waals surface area contributed by atoms with Gasteiger partial charge in [-0.2, -0.15) is 0 Å². The lowest BCUT2D eigenvalue weighted by Gasteiger charge is -2.45. The van der Waals surface area contributed by atoms with Crippen molar-refractivity contribution in [3.63, 3.8) is 0 Å². The van der Waals surface area contributed by atoms with E-state index < -0.39 is 24.1 Å². The van der Waals surface area contributed by atoms with Gasteiger partial charge in [0.2, 0.25) is 0 Å². The van der Waals surface area contributed by atoms with Gasteiger partial charge in [0, 0.05) is 5.57 Å². The van der Waals surface area contributed by atoms with E-state index in [0.29, 0.717) is 18.4 Å². The third-order valence-corrected chi connectivity index (χ3v) is 4.05. The van der Waals surface area contributed by atoms with E-state index in [2.05, 4.69) is 6.58 Å². The summed E-state index contributed by atoms with van der Waals surface area (Å²) in [5.41, 5.74) is -0.463. The first-order chi connectivity index (χ1) is 8.85. The van der Waals surface area contributed by atoms with Crippen LogP contribution >= 0.6 is 0 Å². The Balaban J connectivity index is 3.08. The van der Waals surface area contributed by atoms with E-state index in [0.717, 1.165) is 12.8 Å². The first-order valence-electron chi connectivity index (χ1n) is 6.87. The molecule has 4 heteroatoms. The van der Waals surface area contributed by atoms with Crippen molar-refractivity contribution in [2.75, 3.05) is 6.61 Å². The molecule has 2 unspecified atom stereocenters. The minimum absolute atomic E-state index is 0.0246. The van der Waals surface area contributed by atoms with Crippen molar-refractivity contribution in [3.05, 3.63) is 12.2 Å². The zero-order chi connectivity index (χ0) is 14.6. The lowest BCUT2D eigenvalue weighted by atomic mass is 9.67. The minimum atomic E-state index is -0.798. The summed E-state index contributed by atoms with van der Waals surface area (Å²) in [6, 6.07) is 0. The maximum Gasteiger partial charge on any atom is 0.333 e. The largest absolute Gasteiger partial charge is 0.455 e. The van der Waals surface area contributed by atoms with Gasteiger partial charge in [-0.25, -0.2) is 4.79 Å². The zero-order valence-corrected chi connectivity index (χ0v) is 12.1. The molecule has 19 heavy (non-hydrogen) atoms. The number of Topliss-reactive ketones (excluding diaryl/α,β-unsaturated/α-hetero) is 1. The average Bonchev–Trinajstić information content (AvgIpc) is 2.37.